The van der Waals surface area contributed by atoms with E-state index in [1.807, 2.05) is 12.1 Å². The highest BCUT2D eigenvalue weighted by Gasteiger charge is 2.20. The van der Waals surface area contributed by atoms with Gasteiger partial charge in [-0.15, -0.1) is 0 Å². The molecular weight excluding hydrogens is 180 g/mol. The lowest BCUT2D eigenvalue weighted by atomic mass is 10.3. The highest BCUT2D eigenvalue weighted by molar-refractivity contribution is 6.90. The number of benzene rings is 1. The molecule has 0 bridgehead atoms. The number of hydrogen-bond acceptors (Lipinski definition) is 3. The average Bonchev–Trinajstić information content (AvgIpc) is 2.48. The van der Waals surface area contributed by atoms with E-state index in [2.05, 4.69) is 36.0 Å². The first-order valence-corrected chi connectivity index (χ1v) is 7.81. The van der Waals surface area contributed by atoms with Crippen LogP contribution in [0.25, 0.3) is 11.0 Å². The zero-order valence-electron chi connectivity index (χ0n) is 8.03. The van der Waals surface area contributed by atoms with Gasteiger partial charge < -0.3 is 0 Å². The van der Waals surface area contributed by atoms with Crippen LogP contribution in [0.15, 0.2) is 22.8 Å². The maximum atomic E-state index is 4.72. The molecule has 68 valence electrons. The molecule has 0 saturated heterocycles. The standard InChI is InChI=1S/C9H12N2OSi/c1-13(2,3)8-6-4-5-7-9(8)11-12-10-7/h4-6H,1-3H3. The highest BCUT2D eigenvalue weighted by atomic mass is 28.3. The third kappa shape index (κ3) is 1.37. The van der Waals surface area contributed by atoms with Crippen LogP contribution in [0, 0.1) is 0 Å². The lowest BCUT2D eigenvalue weighted by Crippen LogP contribution is -2.38. The second-order valence-corrected chi connectivity index (χ2v) is 9.23. The van der Waals surface area contributed by atoms with E-state index in [9.17, 15) is 0 Å². The van der Waals surface area contributed by atoms with Gasteiger partial charge >= 0.3 is 0 Å². The summed E-state index contributed by atoms with van der Waals surface area (Å²) in [7, 11) is -1.32. The molecule has 3 nitrogen and oxygen atoms in total. The molecule has 0 aliphatic carbocycles. The predicted octanol–water partition coefficient (Wildman–Crippen LogP) is 1.77. The zero-order valence-corrected chi connectivity index (χ0v) is 9.03. The largest absolute Gasteiger partial charge is 0.243 e. The first-order chi connectivity index (χ1) is 6.09. The Labute approximate surface area is 77.7 Å². The Hall–Kier alpha value is -1.16. The van der Waals surface area contributed by atoms with Crippen molar-refractivity contribution in [1.29, 1.82) is 0 Å². The smallest absolute Gasteiger partial charge is 0.135 e. The lowest BCUT2D eigenvalue weighted by molar-refractivity contribution is 0.315. The molecule has 0 unspecified atom stereocenters. The van der Waals surface area contributed by atoms with Crippen molar-refractivity contribution in [3.63, 3.8) is 0 Å². The number of aromatic nitrogens is 2. The molecule has 1 heterocycles. The molecule has 0 atom stereocenters. The molecule has 0 amide bonds. The SMILES string of the molecule is C[Si](C)(C)c1cccc2nonc12. The van der Waals surface area contributed by atoms with Crippen LogP contribution in [0.4, 0.5) is 0 Å². The van der Waals surface area contributed by atoms with E-state index in [-0.39, 0.29) is 0 Å². The Kier molecular flexibility index (Phi) is 1.73. The van der Waals surface area contributed by atoms with E-state index in [4.69, 9.17) is 4.63 Å². The van der Waals surface area contributed by atoms with Crippen molar-refractivity contribution in [2.24, 2.45) is 0 Å². The van der Waals surface area contributed by atoms with Crippen LogP contribution in [0.3, 0.4) is 0 Å². The monoisotopic (exact) mass is 192 g/mol. The van der Waals surface area contributed by atoms with E-state index in [1.165, 1.54) is 5.19 Å². The maximum absolute atomic E-state index is 4.72. The minimum Gasteiger partial charge on any atom is -0.243 e. The van der Waals surface area contributed by atoms with Crippen molar-refractivity contribution in [3.8, 4) is 0 Å². The van der Waals surface area contributed by atoms with Gasteiger partial charge in [0, 0.05) is 0 Å². The Morgan fingerprint density at radius 1 is 1.15 bits per heavy atom. The molecule has 0 spiro atoms. The van der Waals surface area contributed by atoms with Crippen LogP contribution in [0.5, 0.6) is 0 Å². The van der Waals surface area contributed by atoms with Gasteiger partial charge in [0.15, 0.2) is 0 Å². The zero-order chi connectivity index (χ0) is 9.47. The first kappa shape index (κ1) is 8.44. The summed E-state index contributed by atoms with van der Waals surface area (Å²) in [5.41, 5.74) is 1.79. The van der Waals surface area contributed by atoms with Crippen LogP contribution < -0.4 is 5.19 Å². The number of rotatable bonds is 1. The third-order valence-corrected chi connectivity index (χ3v) is 4.11. The molecule has 2 aromatic rings. The summed E-state index contributed by atoms with van der Waals surface area (Å²) < 4.78 is 4.72. The summed E-state index contributed by atoms with van der Waals surface area (Å²) in [6.07, 6.45) is 0. The topological polar surface area (TPSA) is 38.9 Å². The molecular formula is C9H12N2OSi. The van der Waals surface area contributed by atoms with Crippen molar-refractivity contribution >= 4 is 24.3 Å². The summed E-state index contributed by atoms with van der Waals surface area (Å²) in [4.78, 5) is 0. The van der Waals surface area contributed by atoms with Gasteiger partial charge in [-0.1, -0.05) is 31.8 Å². The normalized spacial score (nSPS) is 12.2. The van der Waals surface area contributed by atoms with Crippen LogP contribution in [0.2, 0.25) is 19.6 Å². The molecule has 0 aliphatic heterocycles. The highest BCUT2D eigenvalue weighted by Crippen LogP contribution is 2.11. The maximum Gasteiger partial charge on any atom is 0.135 e. The molecule has 13 heavy (non-hydrogen) atoms. The summed E-state index contributed by atoms with van der Waals surface area (Å²) >= 11 is 0. The molecule has 2 rings (SSSR count). The molecule has 0 aliphatic rings. The Bertz CT molecular complexity index is 430. The Morgan fingerprint density at radius 3 is 2.62 bits per heavy atom. The van der Waals surface area contributed by atoms with Crippen LogP contribution in [-0.2, 0) is 0 Å². The van der Waals surface area contributed by atoms with Gasteiger partial charge in [0.2, 0.25) is 0 Å². The fraction of sp³-hybridized carbons (Fsp3) is 0.333. The third-order valence-electron chi connectivity index (χ3n) is 2.09. The summed E-state index contributed by atoms with van der Waals surface area (Å²) in [5, 5.41) is 9.07. The fourth-order valence-electron chi connectivity index (χ4n) is 1.41. The van der Waals surface area contributed by atoms with Gasteiger partial charge in [-0.3, -0.25) is 0 Å². The average molecular weight is 192 g/mol. The van der Waals surface area contributed by atoms with E-state index >= 15 is 0 Å². The summed E-state index contributed by atoms with van der Waals surface area (Å²) in [6.45, 7) is 6.86. The second kappa shape index (κ2) is 2.66. The fourth-order valence-corrected chi connectivity index (χ4v) is 2.89. The summed E-state index contributed by atoms with van der Waals surface area (Å²) in [6, 6.07) is 6.06. The molecule has 1 aromatic heterocycles. The van der Waals surface area contributed by atoms with Crippen molar-refractivity contribution in [2.75, 3.05) is 0 Å². The molecule has 0 fully saturated rings. The molecule has 1 aromatic carbocycles. The molecule has 4 heteroatoms. The van der Waals surface area contributed by atoms with Crippen LogP contribution in [0.1, 0.15) is 0 Å². The van der Waals surface area contributed by atoms with Crippen molar-refractivity contribution < 1.29 is 4.63 Å². The molecule has 0 saturated carbocycles. The van der Waals surface area contributed by atoms with E-state index < -0.39 is 8.07 Å². The summed E-state index contributed by atoms with van der Waals surface area (Å²) in [5.74, 6) is 0. The van der Waals surface area contributed by atoms with E-state index in [0.29, 0.717) is 0 Å². The molecule has 0 N–H and O–H groups in total. The van der Waals surface area contributed by atoms with Gasteiger partial charge in [-0.05, 0) is 21.6 Å². The Balaban J connectivity index is 2.75. The van der Waals surface area contributed by atoms with Gasteiger partial charge in [-0.25, -0.2) is 4.63 Å². The van der Waals surface area contributed by atoms with Crippen molar-refractivity contribution in [3.05, 3.63) is 18.2 Å². The van der Waals surface area contributed by atoms with Gasteiger partial charge in [0.1, 0.15) is 11.0 Å². The number of nitrogens with zero attached hydrogens (tertiary/aromatic N) is 2. The van der Waals surface area contributed by atoms with Crippen LogP contribution in [-0.4, -0.2) is 18.4 Å². The van der Waals surface area contributed by atoms with E-state index in [0.717, 1.165) is 11.0 Å². The predicted molar refractivity (Wildman–Crippen MR) is 54.8 cm³/mol. The molecule has 0 radical (unpaired) electrons. The first-order valence-electron chi connectivity index (χ1n) is 4.31. The van der Waals surface area contributed by atoms with Crippen molar-refractivity contribution in [2.45, 2.75) is 19.6 Å². The van der Waals surface area contributed by atoms with Gasteiger partial charge in [-0.2, -0.15) is 0 Å². The minimum absolute atomic E-state index is 0.861. The lowest BCUT2D eigenvalue weighted by Gasteiger charge is -2.15. The van der Waals surface area contributed by atoms with Gasteiger partial charge in [0.25, 0.3) is 0 Å². The minimum atomic E-state index is -1.32. The quantitative estimate of drug-likeness (QED) is 0.646. The van der Waals surface area contributed by atoms with E-state index in [1.54, 1.807) is 0 Å². The number of hydrogen-bond donors (Lipinski definition) is 0. The van der Waals surface area contributed by atoms with Gasteiger partial charge in [0.05, 0.1) is 8.07 Å². The van der Waals surface area contributed by atoms with Crippen molar-refractivity contribution in [1.82, 2.24) is 10.3 Å². The Morgan fingerprint density at radius 2 is 1.92 bits per heavy atom. The van der Waals surface area contributed by atoms with Crippen LogP contribution >= 0.6 is 0 Å². The number of fused-ring (bicyclic) bond motifs is 1. The second-order valence-electron chi connectivity index (χ2n) is 4.19.